The summed E-state index contributed by atoms with van der Waals surface area (Å²) in [4.78, 5) is 10.2. The largest absolute Gasteiger partial charge is 0.458 e. The number of hydrogen-bond donors (Lipinski definition) is 0. The van der Waals surface area contributed by atoms with Crippen LogP contribution >= 0.6 is 23.2 Å². The number of cyclic esters (lactones) is 1. The maximum Gasteiger partial charge on any atom is 0.310 e. The highest BCUT2D eigenvalue weighted by Crippen LogP contribution is 2.34. The van der Waals surface area contributed by atoms with Gasteiger partial charge in [-0.15, -0.1) is 0 Å². The number of esters is 1. The van der Waals surface area contributed by atoms with Crippen molar-refractivity contribution in [2.24, 2.45) is 0 Å². The van der Waals surface area contributed by atoms with Crippen molar-refractivity contribution in [1.82, 2.24) is 0 Å². The van der Waals surface area contributed by atoms with E-state index in [4.69, 9.17) is 23.2 Å². The van der Waals surface area contributed by atoms with Crippen molar-refractivity contribution >= 4 is 29.2 Å². The number of halogens is 2. The van der Waals surface area contributed by atoms with Crippen molar-refractivity contribution < 1.29 is 9.53 Å². The van der Waals surface area contributed by atoms with E-state index in [9.17, 15) is 4.79 Å². The highest BCUT2D eigenvalue weighted by molar-refractivity contribution is 6.48. The van der Waals surface area contributed by atoms with Crippen LogP contribution in [0.1, 0.15) is 13.3 Å². The van der Waals surface area contributed by atoms with Crippen LogP contribution in [0.5, 0.6) is 0 Å². The first-order chi connectivity index (χ1) is 4.00. The summed E-state index contributed by atoms with van der Waals surface area (Å²) in [5.41, 5.74) is 0. The maximum absolute atomic E-state index is 10.2. The first kappa shape index (κ1) is 7.16. The fraction of sp³-hybridized carbons (Fsp3) is 0.800. The summed E-state index contributed by atoms with van der Waals surface area (Å²) in [7, 11) is 0. The van der Waals surface area contributed by atoms with Gasteiger partial charge in [0.1, 0.15) is 6.10 Å². The molecule has 0 aromatic rings. The van der Waals surface area contributed by atoms with E-state index in [2.05, 4.69) is 4.74 Å². The first-order valence-electron chi connectivity index (χ1n) is 2.57. The van der Waals surface area contributed by atoms with Crippen molar-refractivity contribution in [3.63, 3.8) is 0 Å². The molecule has 1 atom stereocenters. The molecule has 0 N–H and O–H groups in total. The van der Waals surface area contributed by atoms with Crippen molar-refractivity contribution in [3.8, 4) is 0 Å². The molecule has 0 aromatic carbocycles. The van der Waals surface area contributed by atoms with Crippen LogP contribution in [0.15, 0.2) is 0 Å². The lowest BCUT2D eigenvalue weighted by Crippen LogP contribution is -2.43. The summed E-state index contributed by atoms with van der Waals surface area (Å²) >= 11 is 11.2. The van der Waals surface area contributed by atoms with Crippen LogP contribution in [0.25, 0.3) is 0 Å². The zero-order valence-electron chi connectivity index (χ0n) is 4.86. The Kier molecular flexibility index (Phi) is 1.61. The van der Waals surface area contributed by atoms with Crippen LogP contribution in [0.3, 0.4) is 0 Å². The number of hydrogen-bond acceptors (Lipinski definition) is 2. The molecule has 9 heavy (non-hydrogen) atoms. The van der Waals surface area contributed by atoms with Gasteiger partial charge in [0.25, 0.3) is 0 Å². The van der Waals surface area contributed by atoms with Crippen LogP contribution in [-0.4, -0.2) is 16.4 Å². The lowest BCUT2D eigenvalue weighted by molar-refractivity contribution is -0.170. The molecule has 0 unspecified atom stereocenters. The van der Waals surface area contributed by atoms with Gasteiger partial charge >= 0.3 is 5.97 Å². The van der Waals surface area contributed by atoms with Gasteiger partial charge < -0.3 is 4.74 Å². The molecule has 1 aliphatic rings. The molecule has 0 amide bonds. The van der Waals surface area contributed by atoms with E-state index in [-0.39, 0.29) is 12.1 Å². The molecule has 0 aliphatic carbocycles. The molecule has 1 heterocycles. The van der Waals surface area contributed by atoms with E-state index in [1.54, 1.807) is 6.92 Å². The van der Waals surface area contributed by atoms with E-state index in [1.807, 2.05) is 0 Å². The van der Waals surface area contributed by atoms with Gasteiger partial charge in [-0.25, -0.2) is 0 Å². The summed E-state index contributed by atoms with van der Waals surface area (Å²) in [5.74, 6) is -0.229. The molecule has 1 fully saturated rings. The number of carbonyl (C=O) groups excluding carboxylic acids is 1. The van der Waals surface area contributed by atoms with Crippen LogP contribution in [0, 0.1) is 0 Å². The van der Waals surface area contributed by atoms with E-state index < -0.39 is 4.33 Å². The Hall–Kier alpha value is 0.0500. The predicted octanol–water partition coefficient (Wildman–Crippen LogP) is 1.50. The quantitative estimate of drug-likeness (QED) is 0.439. The molecule has 0 aromatic heterocycles. The van der Waals surface area contributed by atoms with Crippen LogP contribution < -0.4 is 0 Å². The van der Waals surface area contributed by atoms with Gasteiger partial charge in [0.15, 0.2) is 4.33 Å². The van der Waals surface area contributed by atoms with Gasteiger partial charge in [-0.05, 0) is 6.92 Å². The second-order valence-electron chi connectivity index (χ2n) is 2.14. The lowest BCUT2D eigenvalue weighted by Gasteiger charge is -2.32. The average molecular weight is 169 g/mol. The maximum atomic E-state index is 10.2. The second kappa shape index (κ2) is 2.03. The third-order valence-corrected chi connectivity index (χ3v) is 1.68. The Morgan fingerprint density at radius 3 is 2.33 bits per heavy atom. The third-order valence-electron chi connectivity index (χ3n) is 1.19. The second-order valence-corrected chi connectivity index (χ2v) is 3.90. The zero-order chi connectivity index (χ0) is 7.07. The number of alkyl halides is 2. The standard InChI is InChI=1S/C5H6Cl2O2/c1-5(6,7)3-2-4(8)9-3/h3H,2H2,1H3/t3-/m1/s1. The van der Waals surface area contributed by atoms with Gasteiger partial charge in [-0.1, -0.05) is 23.2 Å². The molecule has 2 nitrogen and oxygen atoms in total. The summed E-state index contributed by atoms with van der Waals surface area (Å²) < 4.78 is 3.68. The molecule has 0 saturated carbocycles. The molecule has 0 spiro atoms. The molecular weight excluding hydrogens is 163 g/mol. The zero-order valence-corrected chi connectivity index (χ0v) is 6.37. The van der Waals surface area contributed by atoms with Crippen molar-refractivity contribution in [2.75, 3.05) is 0 Å². The Morgan fingerprint density at radius 1 is 1.78 bits per heavy atom. The average Bonchev–Trinajstić information content (AvgIpc) is 1.55. The normalized spacial score (nSPS) is 27.0. The Labute approximate surface area is 63.1 Å². The van der Waals surface area contributed by atoms with E-state index in [1.165, 1.54) is 0 Å². The van der Waals surface area contributed by atoms with Crippen molar-refractivity contribution in [2.45, 2.75) is 23.8 Å². The summed E-state index contributed by atoms with van der Waals surface area (Å²) in [5, 5.41) is 0. The van der Waals surface area contributed by atoms with E-state index in [0.29, 0.717) is 6.42 Å². The molecule has 1 saturated heterocycles. The minimum Gasteiger partial charge on any atom is -0.458 e. The smallest absolute Gasteiger partial charge is 0.310 e. The molecule has 1 aliphatic heterocycles. The molecule has 52 valence electrons. The van der Waals surface area contributed by atoms with Crippen molar-refractivity contribution in [1.29, 1.82) is 0 Å². The highest BCUT2D eigenvalue weighted by Gasteiger charge is 2.41. The number of rotatable bonds is 1. The summed E-state index contributed by atoms with van der Waals surface area (Å²) in [6.45, 7) is 1.60. The SMILES string of the molecule is CC(Cl)(Cl)[C@H]1CC(=O)O1. The predicted molar refractivity (Wildman–Crippen MR) is 34.6 cm³/mol. The van der Waals surface area contributed by atoms with Crippen LogP contribution in [0.2, 0.25) is 0 Å². The molecule has 1 rings (SSSR count). The molecule has 4 heteroatoms. The summed E-state index contributed by atoms with van der Waals surface area (Å²) in [6.07, 6.45) is 0.0251. The fourth-order valence-corrected chi connectivity index (χ4v) is 0.827. The van der Waals surface area contributed by atoms with Gasteiger partial charge in [-0.3, -0.25) is 4.79 Å². The summed E-state index contributed by atoms with van der Waals surface area (Å²) in [6, 6.07) is 0. The third kappa shape index (κ3) is 1.49. The minimum absolute atomic E-state index is 0.229. The van der Waals surface area contributed by atoms with Gasteiger partial charge in [0.05, 0.1) is 6.42 Å². The van der Waals surface area contributed by atoms with Gasteiger partial charge in [0.2, 0.25) is 0 Å². The lowest BCUT2D eigenvalue weighted by atomic mass is 10.1. The van der Waals surface area contributed by atoms with Crippen LogP contribution in [0.4, 0.5) is 0 Å². The number of carbonyl (C=O) groups is 1. The molecule has 0 bridgehead atoms. The number of ether oxygens (including phenoxy) is 1. The first-order valence-corrected chi connectivity index (χ1v) is 3.33. The fourth-order valence-electron chi connectivity index (χ4n) is 0.583. The Balaban J connectivity index is 2.40. The van der Waals surface area contributed by atoms with Gasteiger partial charge in [-0.2, -0.15) is 0 Å². The Morgan fingerprint density at radius 2 is 2.22 bits per heavy atom. The monoisotopic (exact) mass is 168 g/mol. The molecular formula is C5H6Cl2O2. The van der Waals surface area contributed by atoms with Crippen molar-refractivity contribution in [3.05, 3.63) is 0 Å². The Bertz CT molecular complexity index is 130. The van der Waals surface area contributed by atoms with E-state index in [0.717, 1.165) is 0 Å². The molecule has 0 radical (unpaired) electrons. The van der Waals surface area contributed by atoms with Crippen LogP contribution in [-0.2, 0) is 9.53 Å². The van der Waals surface area contributed by atoms with E-state index >= 15 is 0 Å². The highest BCUT2D eigenvalue weighted by atomic mass is 35.5. The van der Waals surface area contributed by atoms with Gasteiger partial charge in [0, 0.05) is 0 Å². The minimum atomic E-state index is -0.923. The topological polar surface area (TPSA) is 26.3 Å².